The van der Waals surface area contributed by atoms with Crippen LogP contribution in [-0.2, 0) is 4.79 Å². The summed E-state index contributed by atoms with van der Waals surface area (Å²) < 4.78 is 5.20. The molecule has 0 aliphatic heterocycles. The molecule has 0 aliphatic rings. The molecule has 1 amide bonds. The molecule has 0 unspecified atom stereocenters. The minimum Gasteiger partial charge on any atom is -0.495 e. The highest BCUT2D eigenvalue weighted by atomic mass is 35.5. The number of rotatable bonds is 11. The maximum Gasteiger partial charge on any atom is 0.246 e. The topological polar surface area (TPSA) is 41.6 Å². The molecule has 152 valence electrons. The first-order chi connectivity index (χ1) is 13.6. The average Bonchev–Trinajstić information content (AvgIpc) is 2.70. The van der Waals surface area contributed by atoms with Crippen LogP contribution in [0.4, 0.5) is 5.69 Å². The minimum absolute atomic E-state index is 0.0420. The Morgan fingerprint density at radius 2 is 1.71 bits per heavy atom. The number of unbranched alkanes of at least 4 members (excludes halogenated alkanes) is 2. The van der Waals surface area contributed by atoms with Gasteiger partial charge < -0.3 is 10.1 Å². The zero-order valence-electron chi connectivity index (χ0n) is 17.1. The van der Waals surface area contributed by atoms with Crippen molar-refractivity contribution in [2.45, 2.75) is 45.6 Å². The summed E-state index contributed by atoms with van der Waals surface area (Å²) in [6.45, 7) is 6.14. The van der Waals surface area contributed by atoms with Crippen LogP contribution in [0.1, 0.15) is 51.1 Å². The smallest absolute Gasteiger partial charge is 0.246 e. The van der Waals surface area contributed by atoms with Gasteiger partial charge in [-0.1, -0.05) is 68.6 Å². The number of methoxy groups -OCH3 is 1. The van der Waals surface area contributed by atoms with Crippen LogP contribution < -0.4 is 10.1 Å². The molecular weight excluding hydrogens is 372 g/mol. The Bertz CT molecular complexity index is 729. The maximum atomic E-state index is 13.3. The first-order valence-corrected chi connectivity index (χ1v) is 10.4. The number of ether oxygens (including phenoxy) is 1. The highest BCUT2D eigenvalue weighted by molar-refractivity contribution is 6.32. The summed E-state index contributed by atoms with van der Waals surface area (Å²) in [6.07, 6.45) is 4.32. The van der Waals surface area contributed by atoms with Gasteiger partial charge in [0.05, 0.1) is 12.1 Å². The molecule has 0 radical (unpaired) electrons. The SMILES string of the molecule is CCCCN(CCCC)[C@H](C(=O)Nc1ccc(OC)c(Cl)c1)c1ccccc1. The van der Waals surface area contributed by atoms with Gasteiger partial charge in [0.25, 0.3) is 0 Å². The second-order valence-corrected chi connectivity index (χ2v) is 7.30. The molecule has 0 fully saturated rings. The van der Waals surface area contributed by atoms with E-state index in [0.29, 0.717) is 16.5 Å². The van der Waals surface area contributed by atoms with E-state index >= 15 is 0 Å². The molecule has 0 aliphatic carbocycles. The van der Waals surface area contributed by atoms with Gasteiger partial charge in [-0.3, -0.25) is 9.69 Å². The molecule has 0 aromatic heterocycles. The van der Waals surface area contributed by atoms with Crippen LogP contribution in [-0.4, -0.2) is 31.0 Å². The highest BCUT2D eigenvalue weighted by Crippen LogP contribution is 2.29. The number of carbonyl (C=O) groups excluding carboxylic acids is 1. The van der Waals surface area contributed by atoms with Crippen LogP contribution >= 0.6 is 11.6 Å². The van der Waals surface area contributed by atoms with Crippen LogP contribution in [0.25, 0.3) is 0 Å². The van der Waals surface area contributed by atoms with Gasteiger partial charge in [-0.15, -0.1) is 0 Å². The quantitative estimate of drug-likeness (QED) is 0.506. The van der Waals surface area contributed by atoms with E-state index in [9.17, 15) is 4.79 Å². The monoisotopic (exact) mass is 402 g/mol. The summed E-state index contributed by atoms with van der Waals surface area (Å²) in [5.41, 5.74) is 1.68. The van der Waals surface area contributed by atoms with E-state index in [1.165, 1.54) is 0 Å². The van der Waals surface area contributed by atoms with Crippen molar-refractivity contribution in [2.24, 2.45) is 0 Å². The van der Waals surface area contributed by atoms with Crippen LogP contribution in [0.5, 0.6) is 5.75 Å². The molecular formula is C23H31ClN2O2. The number of benzene rings is 2. The van der Waals surface area contributed by atoms with Gasteiger partial charge in [0.2, 0.25) is 5.91 Å². The molecule has 2 rings (SSSR count). The normalized spacial score (nSPS) is 12.0. The molecule has 4 nitrogen and oxygen atoms in total. The van der Waals surface area contributed by atoms with Crippen molar-refractivity contribution in [1.82, 2.24) is 4.90 Å². The van der Waals surface area contributed by atoms with E-state index in [2.05, 4.69) is 24.1 Å². The Morgan fingerprint density at radius 1 is 1.07 bits per heavy atom. The Morgan fingerprint density at radius 3 is 2.25 bits per heavy atom. The third-order valence-corrected chi connectivity index (χ3v) is 5.04. The minimum atomic E-state index is -0.333. The number of amides is 1. The van der Waals surface area contributed by atoms with Gasteiger partial charge in [-0.05, 0) is 49.7 Å². The van der Waals surface area contributed by atoms with E-state index in [-0.39, 0.29) is 11.9 Å². The van der Waals surface area contributed by atoms with Crippen LogP contribution in [0.2, 0.25) is 5.02 Å². The second-order valence-electron chi connectivity index (χ2n) is 6.89. The fourth-order valence-electron chi connectivity index (χ4n) is 3.21. The molecule has 1 N–H and O–H groups in total. The average molecular weight is 403 g/mol. The van der Waals surface area contributed by atoms with Crippen molar-refractivity contribution in [2.75, 3.05) is 25.5 Å². The molecule has 2 aromatic rings. The molecule has 5 heteroatoms. The van der Waals surface area contributed by atoms with Gasteiger partial charge in [-0.25, -0.2) is 0 Å². The lowest BCUT2D eigenvalue weighted by Gasteiger charge is -2.31. The third kappa shape index (κ3) is 6.25. The standard InChI is InChI=1S/C23H31ClN2O2/c1-4-6-15-26(16-7-5-2)22(18-11-9-8-10-12-18)23(27)25-19-13-14-21(28-3)20(24)17-19/h8-14,17,22H,4-7,15-16H2,1-3H3,(H,25,27)/t22-/m0/s1. The summed E-state index contributed by atoms with van der Waals surface area (Å²) in [6, 6.07) is 15.0. The number of carbonyl (C=O) groups is 1. The van der Waals surface area contributed by atoms with Crippen molar-refractivity contribution in [1.29, 1.82) is 0 Å². The maximum absolute atomic E-state index is 13.3. The lowest BCUT2D eigenvalue weighted by Crippen LogP contribution is -2.38. The summed E-state index contributed by atoms with van der Waals surface area (Å²) in [5, 5.41) is 3.52. The van der Waals surface area contributed by atoms with Crippen molar-refractivity contribution < 1.29 is 9.53 Å². The molecule has 28 heavy (non-hydrogen) atoms. The van der Waals surface area contributed by atoms with E-state index in [4.69, 9.17) is 16.3 Å². The predicted octanol–water partition coefficient (Wildman–Crippen LogP) is 5.93. The lowest BCUT2D eigenvalue weighted by molar-refractivity contribution is -0.121. The summed E-state index contributed by atoms with van der Waals surface area (Å²) >= 11 is 6.22. The number of nitrogens with zero attached hydrogens (tertiary/aromatic N) is 1. The van der Waals surface area contributed by atoms with E-state index < -0.39 is 0 Å². The number of hydrogen-bond acceptors (Lipinski definition) is 3. The van der Waals surface area contributed by atoms with Gasteiger partial charge in [-0.2, -0.15) is 0 Å². The van der Waals surface area contributed by atoms with Crippen molar-refractivity contribution in [3.8, 4) is 5.75 Å². The fourth-order valence-corrected chi connectivity index (χ4v) is 3.47. The highest BCUT2D eigenvalue weighted by Gasteiger charge is 2.27. The largest absolute Gasteiger partial charge is 0.495 e. The van der Waals surface area contributed by atoms with E-state index in [1.807, 2.05) is 36.4 Å². The van der Waals surface area contributed by atoms with Crippen molar-refractivity contribution in [3.05, 3.63) is 59.1 Å². The third-order valence-electron chi connectivity index (χ3n) is 4.75. The zero-order chi connectivity index (χ0) is 20.4. The molecule has 0 saturated carbocycles. The van der Waals surface area contributed by atoms with Gasteiger partial charge in [0.1, 0.15) is 11.8 Å². The molecule has 0 heterocycles. The second kappa shape index (κ2) is 11.7. The Labute approximate surface area is 173 Å². The Balaban J connectivity index is 2.28. The molecule has 0 bridgehead atoms. The first kappa shape index (κ1) is 22.3. The fraction of sp³-hybridized carbons (Fsp3) is 0.435. The number of anilines is 1. The Hall–Kier alpha value is -2.04. The molecule has 0 spiro atoms. The molecule has 1 atom stereocenters. The van der Waals surface area contributed by atoms with Gasteiger partial charge in [0, 0.05) is 5.69 Å². The van der Waals surface area contributed by atoms with E-state index in [0.717, 1.165) is 44.3 Å². The van der Waals surface area contributed by atoms with Gasteiger partial charge >= 0.3 is 0 Å². The number of halogens is 1. The number of hydrogen-bond donors (Lipinski definition) is 1. The van der Waals surface area contributed by atoms with Crippen molar-refractivity contribution in [3.63, 3.8) is 0 Å². The van der Waals surface area contributed by atoms with Crippen LogP contribution in [0.15, 0.2) is 48.5 Å². The Kier molecular flexibility index (Phi) is 9.32. The first-order valence-electron chi connectivity index (χ1n) is 10.0. The van der Waals surface area contributed by atoms with E-state index in [1.54, 1.807) is 19.2 Å². The lowest BCUT2D eigenvalue weighted by atomic mass is 10.0. The van der Waals surface area contributed by atoms with Crippen LogP contribution in [0, 0.1) is 0 Å². The van der Waals surface area contributed by atoms with Gasteiger partial charge in [0.15, 0.2) is 0 Å². The summed E-state index contributed by atoms with van der Waals surface area (Å²) in [4.78, 5) is 15.6. The van der Waals surface area contributed by atoms with Crippen molar-refractivity contribution >= 4 is 23.2 Å². The summed E-state index contributed by atoms with van der Waals surface area (Å²) in [5.74, 6) is 0.548. The molecule has 2 aromatic carbocycles. The molecule has 0 saturated heterocycles. The zero-order valence-corrected chi connectivity index (χ0v) is 17.8. The summed E-state index contributed by atoms with van der Waals surface area (Å²) in [7, 11) is 1.57. The van der Waals surface area contributed by atoms with Crippen LogP contribution in [0.3, 0.4) is 0 Å². The predicted molar refractivity (Wildman–Crippen MR) is 117 cm³/mol. The number of nitrogens with one attached hydrogen (secondary N) is 1.